The van der Waals surface area contributed by atoms with Crippen molar-refractivity contribution in [3.8, 4) is 17.2 Å². The van der Waals surface area contributed by atoms with Gasteiger partial charge in [-0.2, -0.15) is 0 Å². The van der Waals surface area contributed by atoms with Crippen LogP contribution in [-0.4, -0.2) is 71.6 Å². The Hall–Kier alpha value is -3.22. The van der Waals surface area contributed by atoms with Gasteiger partial charge in [-0.3, -0.25) is 0 Å². The Morgan fingerprint density at radius 3 is 1.52 bits per heavy atom. The molecule has 2 saturated heterocycles. The van der Waals surface area contributed by atoms with E-state index in [1.807, 2.05) is 12.1 Å². The van der Waals surface area contributed by atoms with Crippen LogP contribution in [0, 0.1) is 0 Å². The molecule has 0 aliphatic carbocycles. The third-order valence-corrected chi connectivity index (χ3v) is 5.12. The average molecular weight is 565 g/mol. The van der Waals surface area contributed by atoms with E-state index >= 15 is 0 Å². The van der Waals surface area contributed by atoms with Gasteiger partial charge in [-0.1, -0.05) is 36.4 Å². The predicted octanol–water partition coefficient (Wildman–Crippen LogP) is 4.18. The highest BCUT2D eigenvalue weighted by Gasteiger charge is 2.25. The van der Waals surface area contributed by atoms with E-state index in [1.54, 1.807) is 62.8 Å². The lowest BCUT2D eigenvalue weighted by atomic mass is 10.1. The van der Waals surface area contributed by atoms with Gasteiger partial charge in [-0.25, -0.2) is 0 Å². The summed E-state index contributed by atoms with van der Waals surface area (Å²) in [4.78, 5) is 0. The minimum absolute atomic E-state index is 0.0611. The molecule has 3 aromatic rings. The lowest BCUT2D eigenvalue weighted by Gasteiger charge is -2.09. The van der Waals surface area contributed by atoms with Crippen molar-refractivity contribution >= 4 is 0 Å². The number of rotatable bonds is 13. The fraction of sp³-hybridized carbons (Fsp3) is 0.400. The van der Waals surface area contributed by atoms with Crippen LogP contribution in [0.5, 0.6) is 17.2 Å². The molecule has 0 bridgehead atoms. The SMILES string of the molecule is [2H]C([2H])(O)[C@@H](O)c1cccc(OCOC)c1.[2H]C1([2H])OC1c1cccc(OCOC)c1.[2H]C1([2H])O[C@@H]1c1cccc(OCOC)c1. The zero-order chi connectivity index (χ0) is 34.0. The molecule has 40 heavy (non-hydrogen) atoms. The zero-order valence-electron chi connectivity index (χ0n) is 28.4. The third-order valence-electron chi connectivity index (χ3n) is 5.12. The smallest absolute Gasteiger partial charge is 0.188 e. The molecule has 5 rings (SSSR count). The van der Waals surface area contributed by atoms with E-state index in [9.17, 15) is 5.11 Å². The summed E-state index contributed by atoms with van der Waals surface area (Å²) in [5, 5.41) is 18.5. The van der Waals surface area contributed by atoms with Crippen LogP contribution in [0.25, 0.3) is 0 Å². The Bertz CT molecular complexity index is 1300. The average Bonchev–Trinajstić information content (AvgIpc) is 3.89. The van der Waals surface area contributed by atoms with Crippen LogP contribution < -0.4 is 14.2 Å². The molecule has 2 aliphatic rings. The molecular formula is C30H38O10. The molecule has 3 aromatic carbocycles. The second kappa shape index (κ2) is 17.5. The largest absolute Gasteiger partial charge is 0.468 e. The van der Waals surface area contributed by atoms with E-state index in [1.165, 1.54) is 19.2 Å². The lowest BCUT2D eigenvalue weighted by Crippen LogP contribution is -2.04. The summed E-state index contributed by atoms with van der Waals surface area (Å²) in [5.41, 5.74) is 1.81. The Morgan fingerprint density at radius 1 is 0.750 bits per heavy atom. The van der Waals surface area contributed by atoms with E-state index in [0.717, 1.165) is 11.1 Å². The summed E-state index contributed by atoms with van der Waals surface area (Å²) >= 11 is 0. The number of hydrogen-bond acceptors (Lipinski definition) is 10. The summed E-state index contributed by atoms with van der Waals surface area (Å²) < 4.78 is 83.0. The first-order valence-electron chi connectivity index (χ1n) is 15.1. The number of aliphatic hydroxyl groups is 2. The maximum absolute atomic E-state index is 9.50. The summed E-state index contributed by atoms with van der Waals surface area (Å²) in [6, 6.07) is 20.5. The van der Waals surface area contributed by atoms with Crippen molar-refractivity contribution in [1.29, 1.82) is 0 Å². The molecule has 0 spiro atoms. The van der Waals surface area contributed by atoms with Crippen molar-refractivity contribution in [2.45, 2.75) is 18.3 Å². The van der Waals surface area contributed by atoms with Gasteiger partial charge >= 0.3 is 0 Å². The van der Waals surface area contributed by atoms with Crippen LogP contribution in [0.15, 0.2) is 72.8 Å². The molecule has 0 aromatic heterocycles. The molecule has 1 unspecified atom stereocenters. The highest BCUT2D eigenvalue weighted by molar-refractivity contribution is 5.32. The summed E-state index contributed by atoms with van der Waals surface area (Å²) in [6.07, 6.45) is -2.55. The van der Waals surface area contributed by atoms with E-state index in [0.29, 0.717) is 17.2 Å². The van der Waals surface area contributed by atoms with Gasteiger partial charge in [0.2, 0.25) is 0 Å². The minimum Gasteiger partial charge on any atom is -0.468 e. The van der Waals surface area contributed by atoms with Crippen LogP contribution >= 0.6 is 0 Å². The molecule has 0 amide bonds. The maximum Gasteiger partial charge on any atom is 0.188 e. The van der Waals surface area contributed by atoms with E-state index in [4.69, 9.17) is 51.2 Å². The molecule has 10 heteroatoms. The van der Waals surface area contributed by atoms with E-state index in [-0.39, 0.29) is 25.9 Å². The molecule has 2 N–H and O–H groups in total. The molecule has 3 atom stereocenters. The molecule has 0 radical (unpaired) electrons. The van der Waals surface area contributed by atoms with Crippen molar-refractivity contribution in [2.75, 3.05) is 61.4 Å². The van der Waals surface area contributed by atoms with E-state index < -0.39 is 38.0 Å². The van der Waals surface area contributed by atoms with Gasteiger partial charge in [-0.05, 0) is 53.1 Å². The highest BCUT2D eigenvalue weighted by Crippen LogP contribution is 2.32. The molecule has 10 nitrogen and oxygen atoms in total. The molecule has 2 fully saturated rings. The van der Waals surface area contributed by atoms with Crippen LogP contribution in [0.3, 0.4) is 0 Å². The molecule has 0 saturated carbocycles. The van der Waals surface area contributed by atoms with Crippen molar-refractivity contribution in [2.24, 2.45) is 0 Å². The van der Waals surface area contributed by atoms with Crippen molar-refractivity contribution in [1.82, 2.24) is 0 Å². The van der Waals surface area contributed by atoms with Gasteiger partial charge in [0.05, 0.1) is 27.9 Å². The van der Waals surface area contributed by atoms with Gasteiger partial charge in [0.1, 0.15) is 35.6 Å². The van der Waals surface area contributed by atoms with Gasteiger partial charge in [0, 0.05) is 21.3 Å². The van der Waals surface area contributed by atoms with Crippen LogP contribution in [-0.2, 0) is 23.7 Å². The van der Waals surface area contributed by atoms with Crippen molar-refractivity contribution in [3.63, 3.8) is 0 Å². The summed E-state index contributed by atoms with van der Waals surface area (Å²) in [5.74, 6) is 1.74. The minimum atomic E-state index is -2.68. The fourth-order valence-electron chi connectivity index (χ4n) is 3.10. The van der Waals surface area contributed by atoms with E-state index in [2.05, 4.69) is 0 Å². The third kappa shape index (κ3) is 11.5. The second-order valence-electron chi connectivity index (χ2n) is 8.13. The number of aliphatic hydroxyl groups excluding tert-OH is 1. The summed E-state index contributed by atoms with van der Waals surface area (Å²) in [6.45, 7) is -5.31. The Morgan fingerprint density at radius 2 is 1.15 bits per heavy atom. The fourth-order valence-corrected chi connectivity index (χ4v) is 3.10. The normalized spacial score (nSPS) is 22.4. The number of ether oxygens (including phenoxy) is 8. The number of methoxy groups -OCH3 is 3. The molecule has 218 valence electrons. The number of hydrogen-bond donors (Lipinski definition) is 2. The van der Waals surface area contributed by atoms with Crippen molar-refractivity contribution < 1.29 is 56.3 Å². The standard InChI is InChI=1S/C10H14O4.2C10H12O3/c1-13-7-14-9-4-2-3-8(5-9)10(12)6-11;2*1-11-7-13-9-4-2-3-8(5-9)10-6-12-10/h2-5,10-12H,6-7H2,1H3;2*2-5,10H,6-7H2,1H3/t2*10-;/m10./s1/i3*6D2. The van der Waals surface area contributed by atoms with Gasteiger partial charge < -0.3 is 48.1 Å². The molecule has 2 aliphatic heterocycles. The first kappa shape index (κ1) is 23.5. The first-order chi connectivity index (χ1) is 21.7. The van der Waals surface area contributed by atoms with Crippen molar-refractivity contribution in [3.05, 3.63) is 89.5 Å². The zero-order valence-corrected chi connectivity index (χ0v) is 22.4. The Labute approximate surface area is 243 Å². The monoisotopic (exact) mass is 564 g/mol. The number of epoxide rings is 2. The molecular weight excluding hydrogens is 520 g/mol. The Balaban J connectivity index is 0.000000188. The van der Waals surface area contributed by atoms with Crippen LogP contribution in [0.2, 0.25) is 0 Å². The Kier molecular flexibility index (Phi) is 10.3. The highest BCUT2D eigenvalue weighted by atomic mass is 16.7. The van der Waals surface area contributed by atoms with Crippen LogP contribution in [0.4, 0.5) is 0 Å². The maximum atomic E-state index is 9.50. The lowest BCUT2D eigenvalue weighted by molar-refractivity contribution is 0.0504. The quantitative estimate of drug-likeness (QED) is 0.231. The van der Waals surface area contributed by atoms with Crippen LogP contribution in [0.1, 0.15) is 43.2 Å². The summed E-state index contributed by atoms with van der Waals surface area (Å²) in [7, 11) is 4.57. The topological polar surface area (TPSA) is 121 Å². The first-order valence-corrected chi connectivity index (χ1v) is 12.1. The van der Waals surface area contributed by atoms with Gasteiger partial charge in [0.15, 0.2) is 20.4 Å². The second-order valence-corrected chi connectivity index (χ2v) is 8.13. The molecule has 2 heterocycles. The van der Waals surface area contributed by atoms with Gasteiger partial charge in [0.25, 0.3) is 0 Å². The number of benzene rings is 3. The van der Waals surface area contributed by atoms with Gasteiger partial charge in [-0.15, -0.1) is 0 Å². The predicted molar refractivity (Wildman–Crippen MR) is 146 cm³/mol.